The molecule has 0 radical (unpaired) electrons. The van der Waals surface area contributed by atoms with Gasteiger partial charge in [0, 0.05) is 32.2 Å². The molecule has 1 saturated carbocycles. The van der Waals surface area contributed by atoms with Gasteiger partial charge in [0.15, 0.2) is 5.58 Å². The molecule has 2 heterocycles. The van der Waals surface area contributed by atoms with Crippen molar-refractivity contribution in [1.82, 2.24) is 9.47 Å². The molecule has 5 heteroatoms. The van der Waals surface area contributed by atoms with Gasteiger partial charge in [-0.25, -0.2) is 4.79 Å². The Labute approximate surface area is 142 Å². The predicted molar refractivity (Wildman–Crippen MR) is 93.2 cm³/mol. The lowest BCUT2D eigenvalue weighted by Crippen LogP contribution is -2.48. The molecule has 1 aromatic carbocycles. The molecule has 0 unspecified atom stereocenters. The van der Waals surface area contributed by atoms with E-state index in [0.29, 0.717) is 23.6 Å². The van der Waals surface area contributed by atoms with Crippen LogP contribution in [0.2, 0.25) is 0 Å². The zero-order valence-corrected chi connectivity index (χ0v) is 14.4. The van der Waals surface area contributed by atoms with Gasteiger partial charge in [-0.2, -0.15) is 0 Å². The first-order valence-corrected chi connectivity index (χ1v) is 9.05. The summed E-state index contributed by atoms with van der Waals surface area (Å²) in [6.45, 7) is 3.78. The second-order valence-electron chi connectivity index (χ2n) is 7.35. The standard InChI is InChI=1S/C19H26N2O3/c1-23-17-8-4-9-19(17)10-5-11-20(14-19)12-13-21-15-6-2-3-7-16(15)24-18(21)22/h2-3,6-7,17H,4-5,8-14H2,1H3/t17-,19+/m1/s1. The van der Waals surface area contributed by atoms with Gasteiger partial charge in [-0.3, -0.25) is 4.57 Å². The largest absolute Gasteiger partial charge is 0.419 e. The average Bonchev–Trinajstić information content (AvgIpc) is 3.13. The van der Waals surface area contributed by atoms with Crippen molar-refractivity contribution in [1.29, 1.82) is 0 Å². The molecule has 5 nitrogen and oxygen atoms in total. The molecule has 2 fully saturated rings. The lowest BCUT2D eigenvalue weighted by Gasteiger charge is -2.43. The van der Waals surface area contributed by atoms with Crippen LogP contribution in [0.25, 0.3) is 11.1 Å². The maximum atomic E-state index is 12.1. The number of ether oxygens (including phenoxy) is 1. The minimum absolute atomic E-state index is 0.251. The molecule has 0 N–H and O–H groups in total. The third kappa shape index (κ3) is 2.70. The second kappa shape index (κ2) is 6.37. The number of benzene rings is 1. The smallest absolute Gasteiger partial charge is 0.408 e. The predicted octanol–water partition coefficient (Wildman–Crippen LogP) is 2.88. The number of aromatic nitrogens is 1. The molecule has 24 heavy (non-hydrogen) atoms. The van der Waals surface area contributed by atoms with E-state index < -0.39 is 0 Å². The van der Waals surface area contributed by atoms with Crippen molar-refractivity contribution in [2.75, 3.05) is 26.7 Å². The molecule has 2 atom stereocenters. The molecule has 130 valence electrons. The zero-order valence-electron chi connectivity index (χ0n) is 14.4. The molecular weight excluding hydrogens is 304 g/mol. The second-order valence-corrected chi connectivity index (χ2v) is 7.35. The van der Waals surface area contributed by atoms with Crippen LogP contribution in [0.5, 0.6) is 0 Å². The summed E-state index contributed by atoms with van der Waals surface area (Å²) in [6.07, 6.45) is 6.64. The van der Waals surface area contributed by atoms with Crippen LogP contribution in [-0.4, -0.2) is 42.3 Å². The van der Waals surface area contributed by atoms with Gasteiger partial charge in [-0.05, 0) is 44.4 Å². The molecule has 4 rings (SSSR count). The van der Waals surface area contributed by atoms with Gasteiger partial charge in [0.05, 0.1) is 11.6 Å². The highest BCUT2D eigenvalue weighted by Gasteiger charge is 2.45. The number of oxazole rings is 1. The first-order valence-electron chi connectivity index (χ1n) is 9.05. The number of piperidine rings is 1. The summed E-state index contributed by atoms with van der Waals surface area (Å²) in [5.41, 5.74) is 1.90. The van der Waals surface area contributed by atoms with Crippen LogP contribution in [0, 0.1) is 5.41 Å². The third-order valence-electron chi connectivity index (χ3n) is 6.01. The first kappa shape index (κ1) is 15.9. The van der Waals surface area contributed by atoms with E-state index in [1.54, 1.807) is 4.57 Å². The molecule has 1 aliphatic heterocycles. The van der Waals surface area contributed by atoms with Crippen molar-refractivity contribution in [3.8, 4) is 0 Å². The molecule has 0 bridgehead atoms. The van der Waals surface area contributed by atoms with E-state index >= 15 is 0 Å². The van der Waals surface area contributed by atoms with Crippen molar-refractivity contribution < 1.29 is 9.15 Å². The number of hydrogen-bond acceptors (Lipinski definition) is 4. The number of para-hydroxylation sites is 2. The monoisotopic (exact) mass is 330 g/mol. The highest BCUT2D eigenvalue weighted by molar-refractivity contribution is 5.72. The van der Waals surface area contributed by atoms with E-state index in [2.05, 4.69) is 4.90 Å². The molecule has 2 aromatic rings. The van der Waals surface area contributed by atoms with Gasteiger partial charge in [-0.15, -0.1) is 0 Å². The van der Waals surface area contributed by atoms with Crippen LogP contribution in [-0.2, 0) is 11.3 Å². The number of nitrogens with zero attached hydrogens (tertiary/aromatic N) is 2. The van der Waals surface area contributed by atoms with E-state index in [-0.39, 0.29) is 5.76 Å². The fourth-order valence-corrected chi connectivity index (χ4v) is 4.86. The van der Waals surface area contributed by atoms with Gasteiger partial charge < -0.3 is 14.1 Å². The lowest BCUT2D eigenvalue weighted by atomic mass is 9.76. The van der Waals surface area contributed by atoms with Crippen molar-refractivity contribution >= 4 is 11.1 Å². The molecule has 1 saturated heterocycles. The summed E-state index contributed by atoms with van der Waals surface area (Å²) in [5, 5.41) is 0. The number of methoxy groups -OCH3 is 1. The molecule has 1 aromatic heterocycles. The summed E-state index contributed by atoms with van der Waals surface area (Å²) in [6, 6.07) is 7.65. The SMILES string of the molecule is CO[C@@H]1CCC[C@@]12CCCN(CCn1c(=O)oc3ccccc31)C2. The molecule has 2 aliphatic rings. The number of hydrogen-bond donors (Lipinski definition) is 0. The highest BCUT2D eigenvalue weighted by Crippen LogP contribution is 2.46. The Morgan fingerprint density at radius 3 is 2.96 bits per heavy atom. The van der Waals surface area contributed by atoms with Gasteiger partial charge in [0.25, 0.3) is 0 Å². The maximum absolute atomic E-state index is 12.1. The van der Waals surface area contributed by atoms with E-state index in [1.807, 2.05) is 31.4 Å². The molecule has 0 amide bonds. The summed E-state index contributed by atoms with van der Waals surface area (Å²) in [5.74, 6) is -0.251. The first-order chi connectivity index (χ1) is 11.7. The Balaban J connectivity index is 1.47. The Morgan fingerprint density at radius 1 is 1.25 bits per heavy atom. The Hall–Kier alpha value is -1.59. The summed E-state index contributed by atoms with van der Waals surface area (Å²) in [7, 11) is 1.86. The number of rotatable bonds is 4. The lowest BCUT2D eigenvalue weighted by molar-refractivity contribution is -0.0352. The fourth-order valence-electron chi connectivity index (χ4n) is 4.86. The van der Waals surface area contributed by atoms with Crippen LogP contribution >= 0.6 is 0 Å². The Bertz CT molecular complexity index is 765. The number of likely N-dealkylation sites (tertiary alicyclic amines) is 1. The van der Waals surface area contributed by atoms with Crippen LogP contribution < -0.4 is 5.76 Å². The maximum Gasteiger partial charge on any atom is 0.419 e. The molecule has 1 aliphatic carbocycles. The van der Waals surface area contributed by atoms with Crippen LogP contribution in [0.3, 0.4) is 0 Å². The van der Waals surface area contributed by atoms with Crippen LogP contribution in [0.1, 0.15) is 32.1 Å². The zero-order chi connectivity index (χ0) is 16.6. The van der Waals surface area contributed by atoms with Crippen molar-refractivity contribution in [2.24, 2.45) is 5.41 Å². The van der Waals surface area contributed by atoms with E-state index in [4.69, 9.17) is 9.15 Å². The van der Waals surface area contributed by atoms with E-state index in [9.17, 15) is 4.79 Å². The topological polar surface area (TPSA) is 47.6 Å². The molecular formula is C19H26N2O3. The van der Waals surface area contributed by atoms with Gasteiger partial charge in [-0.1, -0.05) is 18.6 Å². The van der Waals surface area contributed by atoms with E-state index in [1.165, 1.54) is 32.1 Å². The van der Waals surface area contributed by atoms with Gasteiger partial charge in [0.2, 0.25) is 0 Å². The van der Waals surface area contributed by atoms with E-state index in [0.717, 1.165) is 25.2 Å². The quantitative estimate of drug-likeness (QED) is 0.865. The van der Waals surface area contributed by atoms with Crippen LogP contribution in [0.15, 0.2) is 33.5 Å². The van der Waals surface area contributed by atoms with Crippen molar-refractivity contribution in [3.63, 3.8) is 0 Å². The number of fused-ring (bicyclic) bond motifs is 1. The molecule has 1 spiro atoms. The summed E-state index contributed by atoms with van der Waals surface area (Å²) in [4.78, 5) is 14.6. The Morgan fingerprint density at radius 2 is 2.08 bits per heavy atom. The normalized spacial score (nSPS) is 28.1. The average molecular weight is 330 g/mol. The van der Waals surface area contributed by atoms with Gasteiger partial charge >= 0.3 is 5.76 Å². The fraction of sp³-hybridized carbons (Fsp3) is 0.632. The minimum atomic E-state index is -0.251. The van der Waals surface area contributed by atoms with Crippen LogP contribution in [0.4, 0.5) is 0 Å². The summed E-state index contributed by atoms with van der Waals surface area (Å²) >= 11 is 0. The third-order valence-corrected chi connectivity index (χ3v) is 6.01. The Kier molecular flexibility index (Phi) is 4.22. The van der Waals surface area contributed by atoms with Gasteiger partial charge in [0.1, 0.15) is 0 Å². The highest BCUT2D eigenvalue weighted by atomic mass is 16.5. The minimum Gasteiger partial charge on any atom is -0.408 e. The van der Waals surface area contributed by atoms with Crippen molar-refractivity contribution in [2.45, 2.75) is 44.8 Å². The summed E-state index contributed by atoms with van der Waals surface area (Å²) < 4.78 is 12.9. The van der Waals surface area contributed by atoms with Crippen molar-refractivity contribution in [3.05, 3.63) is 34.8 Å².